The summed E-state index contributed by atoms with van der Waals surface area (Å²) in [6.07, 6.45) is 3.31. The lowest BCUT2D eigenvalue weighted by Gasteiger charge is -2.37. The van der Waals surface area contributed by atoms with E-state index in [2.05, 4.69) is 10.3 Å². The molecule has 0 aliphatic carbocycles. The zero-order valence-electron chi connectivity index (χ0n) is 9.85. The standard InChI is InChI=1S/C11H11ClN4O2S/c12-9-1-3-11(4-2-9)19(17,18)15-7-10(8-15)16-6-5-13-14-16/h1-6,10H,7-8H2. The zero-order chi connectivity index (χ0) is 13.5. The van der Waals surface area contributed by atoms with Crippen molar-refractivity contribution in [1.82, 2.24) is 19.3 Å². The highest BCUT2D eigenvalue weighted by molar-refractivity contribution is 7.89. The normalized spacial score (nSPS) is 17.3. The number of nitrogens with zero attached hydrogens (tertiary/aromatic N) is 4. The Kier molecular flexibility index (Phi) is 3.04. The van der Waals surface area contributed by atoms with Crippen LogP contribution in [0.15, 0.2) is 41.6 Å². The Bertz CT molecular complexity index is 663. The summed E-state index contributed by atoms with van der Waals surface area (Å²) >= 11 is 5.75. The van der Waals surface area contributed by atoms with Crippen molar-refractivity contribution in [2.75, 3.05) is 13.1 Å². The van der Waals surface area contributed by atoms with E-state index < -0.39 is 10.0 Å². The fraction of sp³-hybridized carbons (Fsp3) is 0.273. The van der Waals surface area contributed by atoms with Crippen LogP contribution in [-0.2, 0) is 10.0 Å². The lowest BCUT2D eigenvalue weighted by atomic mass is 10.2. The summed E-state index contributed by atoms with van der Waals surface area (Å²) in [6.45, 7) is 0.822. The molecule has 19 heavy (non-hydrogen) atoms. The zero-order valence-corrected chi connectivity index (χ0v) is 11.4. The van der Waals surface area contributed by atoms with Crippen LogP contribution in [0.25, 0.3) is 0 Å². The highest BCUT2D eigenvalue weighted by atomic mass is 35.5. The molecule has 2 aromatic rings. The highest BCUT2D eigenvalue weighted by Crippen LogP contribution is 2.27. The smallest absolute Gasteiger partial charge is 0.243 e. The van der Waals surface area contributed by atoms with Gasteiger partial charge in [0.15, 0.2) is 0 Å². The van der Waals surface area contributed by atoms with Crippen molar-refractivity contribution < 1.29 is 8.42 Å². The van der Waals surface area contributed by atoms with Crippen LogP contribution in [0.4, 0.5) is 0 Å². The van der Waals surface area contributed by atoms with Gasteiger partial charge in [-0.1, -0.05) is 16.8 Å². The second-order valence-electron chi connectivity index (χ2n) is 4.31. The maximum atomic E-state index is 12.3. The molecule has 8 heteroatoms. The molecular weight excluding hydrogens is 288 g/mol. The summed E-state index contributed by atoms with van der Waals surface area (Å²) in [5.41, 5.74) is 0. The van der Waals surface area contributed by atoms with Crippen molar-refractivity contribution in [2.24, 2.45) is 0 Å². The van der Waals surface area contributed by atoms with Gasteiger partial charge < -0.3 is 0 Å². The Morgan fingerprint density at radius 2 is 1.89 bits per heavy atom. The minimum absolute atomic E-state index is 0.0598. The van der Waals surface area contributed by atoms with E-state index in [0.29, 0.717) is 18.1 Å². The largest absolute Gasteiger partial charge is 0.247 e. The molecule has 2 heterocycles. The molecule has 1 saturated heterocycles. The van der Waals surface area contributed by atoms with Crippen molar-refractivity contribution >= 4 is 21.6 Å². The number of halogens is 1. The molecule has 1 aliphatic heterocycles. The van der Waals surface area contributed by atoms with Crippen LogP contribution in [0.5, 0.6) is 0 Å². The third-order valence-electron chi connectivity index (χ3n) is 3.10. The monoisotopic (exact) mass is 298 g/mol. The van der Waals surface area contributed by atoms with E-state index in [0.717, 1.165) is 0 Å². The molecule has 0 N–H and O–H groups in total. The maximum absolute atomic E-state index is 12.3. The minimum atomic E-state index is -3.43. The Morgan fingerprint density at radius 3 is 2.47 bits per heavy atom. The number of aromatic nitrogens is 3. The first kappa shape index (κ1) is 12.6. The first-order valence-corrected chi connectivity index (χ1v) is 7.51. The van der Waals surface area contributed by atoms with E-state index in [1.807, 2.05) is 0 Å². The van der Waals surface area contributed by atoms with Crippen LogP contribution in [-0.4, -0.2) is 40.8 Å². The van der Waals surface area contributed by atoms with E-state index in [-0.39, 0.29) is 10.9 Å². The SMILES string of the molecule is O=S(=O)(c1ccc(Cl)cc1)N1CC(n2ccnn2)C1. The van der Waals surface area contributed by atoms with Gasteiger partial charge in [-0.2, -0.15) is 4.31 Å². The van der Waals surface area contributed by atoms with Gasteiger partial charge in [0.05, 0.1) is 17.1 Å². The van der Waals surface area contributed by atoms with Crippen molar-refractivity contribution in [3.8, 4) is 0 Å². The van der Waals surface area contributed by atoms with Gasteiger partial charge in [-0.15, -0.1) is 5.10 Å². The number of sulfonamides is 1. The number of hydrogen-bond acceptors (Lipinski definition) is 4. The lowest BCUT2D eigenvalue weighted by Crippen LogP contribution is -2.50. The minimum Gasteiger partial charge on any atom is -0.247 e. The average Bonchev–Trinajstić information content (AvgIpc) is 2.81. The third-order valence-corrected chi connectivity index (χ3v) is 5.19. The van der Waals surface area contributed by atoms with Gasteiger partial charge in [-0.05, 0) is 24.3 Å². The fourth-order valence-electron chi connectivity index (χ4n) is 1.95. The Morgan fingerprint density at radius 1 is 1.21 bits per heavy atom. The van der Waals surface area contributed by atoms with E-state index >= 15 is 0 Å². The molecule has 0 amide bonds. The van der Waals surface area contributed by atoms with Gasteiger partial charge >= 0.3 is 0 Å². The molecule has 1 aromatic heterocycles. The molecule has 3 rings (SSSR count). The van der Waals surface area contributed by atoms with Crippen LogP contribution < -0.4 is 0 Å². The summed E-state index contributed by atoms with van der Waals surface area (Å²) in [7, 11) is -3.43. The molecule has 1 aromatic carbocycles. The molecule has 1 aliphatic rings. The third kappa shape index (κ3) is 2.24. The van der Waals surface area contributed by atoms with Gasteiger partial charge in [-0.25, -0.2) is 13.1 Å². The van der Waals surface area contributed by atoms with Crippen molar-refractivity contribution in [3.63, 3.8) is 0 Å². The molecule has 100 valence electrons. The number of rotatable bonds is 3. The van der Waals surface area contributed by atoms with Crippen molar-refractivity contribution in [1.29, 1.82) is 0 Å². The summed E-state index contributed by atoms with van der Waals surface area (Å²) in [4.78, 5) is 0.258. The second kappa shape index (κ2) is 4.59. The predicted molar refractivity (Wildman–Crippen MR) is 69.3 cm³/mol. The van der Waals surface area contributed by atoms with Gasteiger partial charge in [0.25, 0.3) is 0 Å². The molecule has 0 bridgehead atoms. The van der Waals surface area contributed by atoms with E-state index in [1.165, 1.54) is 16.4 Å². The van der Waals surface area contributed by atoms with Gasteiger partial charge in [0.1, 0.15) is 0 Å². The summed E-state index contributed by atoms with van der Waals surface area (Å²) in [5, 5.41) is 8.09. The fourth-order valence-corrected chi connectivity index (χ4v) is 3.59. The Hall–Kier alpha value is -1.44. The molecule has 0 spiro atoms. The number of hydrogen-bond donors (Lipinski definition) is 0. The van der Waals surface area contributed by atoms with E-state index in [1.54, 1.807) is 29.2 Å². The Balaban J connectivity index is 1.75. The lowest BCUT2D eigenvalue weighted by molar-refractivity contribution is 0.189. The van der Waals surface area contributed by atoms with Gasteiger partial charge in [-0.3, -0.25) is 0 Å². The molecule has 1 fully saturated rings. The Labute approximate surface area is 115 Å². The van der Waals surface area contributed by atoms with E-state index in [9.17, 15) is 8.42 Å². The van der Waals surface area contributed by atoms with Crippen molar-refractivity contribution in [3.05, 3.63) is 41.7 Å². The number of benzene rings is 1. The second-order valence-corrected chi connectivity index (χ2v) is 6.69. The first-order valence-electron chi connectivity index (χ1n) is 5.69. The van der Waals surface area contributed by atoms with Gasteiger partial charge in [0.2, 0.25) is 10.0 Å². The first-order chi connectivity index (χ1) is 9.07. The van der Waals surface area contributed by atoms with Crippen LogP contribution in [0, 0.1) is 0 Å². The van der Waals surface area contributed by atoms with Crippen LogP contribution in [0.3, 0.4) is 0 Å². The van der Waals surface area contributed by atoms with E-state index in [4.69, 9.17) is 11.6 Å². The molecule has 0 radical (unpaired) electrons. The van der Waals surface area contributed by atoms with Crippen molar-refractivity contribution in [2.45, 2.75) is 10.9 Å². The molecule has 0 atom stereocenters. The molecule has 6 nitrogen and oxygen atoms in total. The van der Waals surface area contributed by atoms with Crippen LogP contribution in [0.2, 0.25) is 5.02 Å². The molecule has 0 unspecified atom stereocenters. The van der Waals surface area contributed by atoms with Crippen LogP contribution in [0.1, 0.15) is 6.04 Å². The van der Waals surface area contributed by atoms with Crippen LogP contribution >= 0.6 is 11.6 Å². The summed E-state index contributed by atoms with van der Waals surface area (Å²) in [5.74, 6) is 0. The maximum Gasteiger partial charge on any atom is 0.243 e. The quantitative estimate of drug-likeness (QED) is 0.853. The summed E-state index contributed by atoms with van der Waals surface area (Å²) in [6, 6.07) is 6.23. The topological polar surface area (TPSA) is 68.1 Å². The highest BCUT2D eigenvalue weighted by Gasteiger charge is 2.38. The average molecular weight is 299 g/mol. The molecule has 0 saturated carbocycles. The summed E-state index contributed by atoms with van der Waals surface area (Å²) < 4.78 is 27.7. The molecular formula is C11H11ClN4O2S. The predicted octanol–water partition coefficient (Wildman–Crippen LogP) is 1.18. The van der Waals surface area contributed by atoms with Gasteiger partial charge in [0, 0.05) is 24.3 Å².